The number of fused-ring (bicyclic) bond motifs is 1. The fourth-order valence-corrected chi connectivity index (χ4v) is 4.64. The van der Waals surface area contributed by atoms with Crippen molar-refractivity contribution in [3.05, 3.63) is 76.6 Å². The van der Waals surface area contributed by atoms with Crippen LogP contribution in [0.2, 0.25) is 0 Å². The van der Waals surface area contributed by atoms with Crippen LogP contribution in [0.3, 0.4) is 0 Å². The van der Waals surface area contributed by atoms with Gasteiger partial charge in [-0.1, -0.05) is 18.2 Å². The predicted molar refractivity (Wildman–Crippen MR) is 110 cm³/mol. The molecule has 0 atom stereocenters. The quantitative estimate of drug-likeness (QED) is 0.293. The van der Waals surface area contributed by atoms with Gasteiger partial charge >= 0.3 is 0 Å². The monoisotopic (exact) mass is 420 g/mol. The van der Waals surface area contributed by atoms with Gasteiger partial charge in [-0.25, -0.2) is 18.4 Å². The Morgan fingerprint density at radius 3 is 2.50 bits per heavy atom. The van der Waals surface area contributed by atoms with Gasteiger partial charge in [0.25, 0.3) is 10.8 Å². The second-order valence-electron chi connectivity index (χ2n) is 7.23. The number of H-pyrrole nitrogens is 1. The molecule has 0 spiro atoms. The van der Waals surface area contributed by atoms with E-state index in [1.165, 1.54) is 12.1 Å². The second kappa shape index (κ2) is 6.74. The summed E-state index contributed by atoms with van der Waals surface area (Å²) in [4.78, 5) is 22.0. The fraction of sp³-hybridized carbons (Fsp3) is 0.143. The van der Waals surface area contributed by atoms with E-state index in [-0.39, 0.29) is 15.7 Å². The van der Waals surface area contributed by atoms with E-state index < -0.39 is 14.8 Å². The molecule has 0 radical (unpaired) electrons. The van der Waals surface area contributed by atoms with E-state index in [2.05, 4.69) is 15.0 Å². The average Bonchev–Trinajstić information content (AvgIpc) is 3.52. The van der Waals surface area contributed by atoms with Crippen molar-refractivity contribution in [3.8, 4) is 11.3 Å². The molecule has 2 aromatic carbocycles. The maximum absolute atomic E-state index is 13.1. The third-order valence-corrected chi connectivity index (χ3v) is 6.82. The Morgan fingerprint density at radius 2 is 1.80 bits per heavy atom. The van der Waals surface area contributed by atoms with Crippen LogP contribution < -0.4 is 0 Å². The SMILES string of the molecule is O=[N+]([O-])c1ccc(S(=O)(=O)c2ncc(C3CC3)c(-c3c[nH]c4ccccc34)n2)cc1. The number of para-hydroxylation sites is 1. The number of nitro benzene ring substituents is 1. The molecule has 0 bridgehead atoms. The first kappa shape index (κ1) is 18.4. The molecule has 2 aromatic heterocycles. The molecule has 0 saturated heterocycles. The molecule has 1 aliphatic rings. The number of nitrogens with zero attached hydrogens (tertiary/aromatic N) is 3. The number of nitro groups is 1. The third-order valence-electron chi connectivity index (χ3n) is 5.25. The Balaban J connectivity index is 1.65. The van der Waals surface area contributed by atoms with Crippen LogP contribution in [0.15, 0.2) is 71.0 Å². The van der Waals surface area contributed by atoms with Crippen LogP contribution in [0, 0.1) is 10.1 Å². The molecule has 4 aromatic rings. The molecule has 1 saturated carbocycles. The number of hydrogen-bond acceptors (Lipinski definition) is 6. The standard InChI is InChI=1S/C21H16N4O4S/c26-25(27)14-7-9-15(10-8-14)30(28,29)21-23-11-17(13-5-6-13)20(24-21)18-12-22-19-4-2-1-3-16(18)19/h1-4,7-13,22H,5-6H2. The number of rotatable bonds is 5. The van der Waals surface area contributed by atoms with Gasteiger partial charge in [0.15, 0.2) is 0 Å². The first-order valence-electron chi connectivity index (χ1n) is 9.38. The first-order valence-corrected chi connectivity index (χ1v) is 10.9. The molecule has 0 unspecified atom stereocenters. The summed E-state index contributed by atoms with van der Waals surface area (Å²) in [6.07, 6.45) is 5.47. The van der Waals surface area contributed by atoms with Gasteiger partial charge in [0.05, 0.1) is 15.5 Å². The number of aromatic amines is 1. The molecule has 9 heteroatoms. The molecule has 8 nitrogen and oxygen atoms in total. The largest absolute Gasteiger partial charge is 0.360 e. The molecule has 0 aliphatic heterocycles. The number of benzene rings is 2. The van der Waals surface area contributed by atoms with Gasteiger partial charge in [-0.3, -0.25) is 10.1 Å². The molecular weight excluding hydrogens is 404 g/mol. The van der Waals surface area contributed by atoms with Crippen molar-refractivity contribution < 1.29 is 13.3 Å². The van der Waals surface area contributed by atoms with E-state index >= 15 is 0 Å². The predicted octanol–water partition coefficient (Wildman–Crippen LogP) is 4.24. The summed E-state index contributed by atoms with van der Waals surface area (Å²) in [6, 6.07) is 12.5. The van der Waals surface area contributed by atoms with E-state index in [1.54, 1.807) is 6.20 Å². The molecule has 1 aliphatic carbocycles. The minimum absolute atomic E-state index is 0.0860. The lowest BCUT2D eigenvalue weighted by Crippen LogP contribution is -2.09. The van der Waals surface area contributed by atoms with Gasteiger partial charge in [0.2, 0.25) is 9.84 Å². The third kappa shape index (κ3) is 3.03. The van der Waals surface area contributed by atoms with Crippen molar-refractivity contribution in [2.24, 2.45) is 0 Å². The highest BCUT2D eigenvalue weighted by atomic mass is 32.2. The van der Waals surface area contributed by atoms with Gasteiger partial charge in [-0.05, 0) is 37.0 Å². The van der Waals surface area contributed by atoms with Crippen molar-refractivity contribution >= 4 is 26.4 Å². The molecule has 150 valence electrons. The van der Waals surface area contributed by atoms with E-state index in [0.29, 0.717) is 11.6 Å². The van der Waals surface area contributed by atoms with Crippen LogP contribution in [-0.2, 0) is 9.84 Å². The number of nitrogens with one attached hydrogen (secondary N) is 1. The molecule has 1 N–H and O–H groups in total. The topological polar surface area (TPSA) is 119 Å². The number of non-ortho nitro benzene ring substituents is 1. The molecule has 30 heavy (non-hydrogen) atoms. The number of hydrogen-bond donors (Lipinski definition) is 1. The van der Waals surface area contributed by atoms with Crippen molar-refractivity contribution in [1.29, 1.82) is 0 Å². The van der Waals surface area contributed by atoms with Crippen molar-refractivity contribution in [1.82, 2.24) is 15.0 Å². The van der Waals surface area contributed by atoms with E-state index in [9.17, 15) is 18.5 Å². The first-order chi connectivity index (χ1) is 14.4. The molecule has 2 heterocycles. The number of aromatic nitrogens is 3. The van der Waals surface area contributed by atoms with Gasteiger partial charge in [0.1, 0.15) is 0 Å². The van der Waals surface area contributed by atoms with Gasteiger partial charge in [-0.15, -0.1) is 0 Å². The van der Waals surface area contributed by atoms with E-state index in [0.717, 1.165) is 47.0 Å². The summed E-state index contributed by atoms with van der Waals surface area (Å²) in [5, 5.41) is 11.5. The Morgan fingerprint density at radius 1 is 1.07 bits per heavy atom. The maximum Gasteiger partial charge on any atom is 0.269 e. The van der Waals surface area contributed by atoms with E-state index in [1.807, 2.05) is 30.5 Å². The number of sulfone groups is 1. The Bertz CT molecular complexity index is 1390. The fourth-order valence-electron chi connectivity index (χ4n) is 3.53. The lowest BCUT2D eigenvalue weighted by Gasteiger charge is -2.10. The van der Waals surface area contributed by atoms with Crippen LogP contribution in [0.25, 0.3) is 22.2 Å². The lowest BCUT2D eigenvalue weighted by atomic mass is 10.0. The van der Waals surface area contributed by atoms with Crippen molar-refractivity contribution in [2.45, 2.75) is 28.8 Å². The lowest BCUT2D eigenvalue weighted by molar-refractivity contribution is -0.384. The summed E-state index contributed by atoms with van der Waals surface area (Å²) in [6.45, 7) is 0. The second-order valence-corrected chi connectivity index (χ2v) is 9.08. The summed E-state index contributed by atoms with van der Waals surface area (Å²) in [5.41, 5.74) is 3.12. The average molecular weight is 420 g/mol. The van der Waals surface area contributed by atoms with Crippen LogP contribution in [0.5, 0.6) is 0 Å². The Hall–Kier alpha value is -3.59. The zero-order valence-corrected chi connectivity index (χ0v) is 16.5. The summed E-state index contributed by atoms with van der Waals surface area (Å²) in [5.74, 6) is 0.324. The Labute approximate surface area is 171 Å². The highest BCUT2D eigenvalue weighted by Crippen LogP contribution is 2.44. The Kier molecular flexibility index (Phi) is 4.14. The van der Waals surface area contributed by atoms with Crippen molar-refractivity contribution in [2.75, 3.05) is 0 Å². The van der Waals surface area contributed by atoms with Crippen LogP contribution in [-0.4, -0.2) is 28.3 Å². The molecule has 5 rings (SSSR count). The summed E-state index contributed by atoms with van der Waals surface area (Å²) < 4.78 is 26.2. The molecule has 0 amide bonds. The summed E-state index contributed by atoms with van der Waals surface area (Å²) >= 11 is 0. The van der Waals surface area contributed by atoms with Crippen LogP contribution in [0.4, 0.5) is 5.69 Å². The molecular formula is C21H16N4O4S. The smallest absolute Gasteiger partial charge is 0.269 e. The van der Waals surface area contributed by atoms with Gasteiger partial charge < -0.3 is 4.98 Å². The van der Waals surface area contributed by atoms with Crippen LogP contribution in [0.1, 0.15) is 24.3 Å². The zero-order valence-electron chi connectivity index (χ0n) is 15.6. The van der Waals surface area contributed by atoms with Gasteiger partial charge in [0, 0.05) is 46.6 Å². The summed E-state index contributed by atoms with van der Waals surface area (Å²) in [7, 11) is -4.03. The maximum atomic E-state index is 13.1. The van der Waals surface area contributed by atoms with Crippen LogP contribution >= 0.6 is 0 Å². The minimum atomic E-state index is -4.03. The normalized spacial score (nSPS) is 14.1. The van der Waals surface area contributed by atoms with Gasteiger partial charge in [-0.2, -0.15) is 0 Å². The van der Waals surface area contributed by atoms with E-state index in [4.69, 9.17) is 0 Å². The highest BCUT2D eigenvalue weighted by molar-refractivity contribution is 7.91. The highest BCUT2D eigenvalue weighted by Gasteiger charge is 2.31. The van der Waals surface area contributed by atoms with Crippen molar-refractivity contribution in [3.63, 3.8) is 0 Å². The minimum Gasteiger partial charge on any atom is -0.360 e. The molecule has 1 fully saturated rings. The zero-order chi connectivity index (χ0) is 20.9.